The Hall–Kier alpha value is -2.26. The van der Waals surface area contributed by atoms with E-state index in [0.717, 1.165) is 17.5 Å². The molecule has 0 saturated carbocycles. The number of nitrogens with zero attached hydrogens (tertiary/aromatic N) is 3. The first-order chi connectivity index (χ1) is 10.7. The van der Waals surface area contributed by atoms with E-state index in [1.54, 1.807) is 6.08 Å². The summed E-state index contributed by atoms with van der Waals surface area (Å²) >= 11 is 0. The molecule has 3 nitrogen and oxygen atoms in total. The summed E-state index contributed by atoms with van der Waals surface area (Å²) in [6, 6.07) is 8.69. The molecule has 0 fully saturated rings. The third kappa shape index (κ3) is 3.10. The quantitative estimate of drug-likeness (QED) is 0.728. The lowest BCUT2D eigenvalue weighted by atomic mass is 9.78. The largest absolute Gasteiger partial charge is 0.364 e. The third-order valence-corrected chi connectivity index (χ3v) is 4.72. The lowest BCUT2D eigenvalue weighted by Gasteiger charge is -2.50. The number of anilines is 1. The van der Waals surface area contributed by atoms with Crippen LogP contribution in [0.15, 0.2) is 17.7 Å². The van der Waals surface area contributed by atoms with E-state index in [-0.39, 0.29) is 11.1 Å². The zero-order chi connectivity index (χ0) is 17.4. The average Bonchev–Trinajstić information content (AvgIpc) is 2.44. The Morgan fingerprint density at radius 3 is 2.43 bits per heavy atom. The molecule has 0 spiro atoms. The van der Waals surface area contributed by atoms with Gasteiger partial charge in [0.05, 0.1) is 0 Å². The molecule has 0 radical (unpaired) electrons. The van der Waals surface area contributed by atoms with Crippen molar-refractivity contribution in [2.45, 2.75) is 65.5 Å². The molecule has 1 aliphatic rings. The van der Waals surface area contributed by atoms with Crippen LogP contribution in [0.5, 0.6) is 0 Å². The fourth-order valence-electron chi connectivity index (χ4n) is 3.99. The van der Waals surface area contributed by atoms with E-state index in [9.17, 15) is 0 Å². The monoisotopic (exact) mass is 307 g/mol. The second-order valence-corrected chi connectivity index (χ2v) is 7.43. The van der Waals surface area contributed by atoms with Gasteiger partial charge in [0, 0.05) is 17.3 Å². The fraction of sp³-hybridized carbons (Fsp3) is 0.500. The van der Waals surface area contributed by atoms with Crippen molar-refractivity contribution in [3.05, 3.63) is 34.4 Å². The molecule has 0 aromatic heterocycles. The molecule has 1 aromatic carbocycles. The summed E-state index contributed by atoms with van der Waals surface area (Å²) in [4.78, 5) is 2.50. The molecule has 2 rings (SSSR count). The first kappa shape index (κ1) is 17.1. The van der Waals surface area contributed by atoms with Crippen LogP contribution in [-0.4, -0.2) is 11.6 Å². The Morgan fingerprint density at radius 1 is 1.30 bits per heavy atom. The highest BCUT2D eigenvalue weighted by Gasteiger charge is 2.37. The zero-order valence-electron chi connectivity index (χ0n) is 14.9. The summed E-state index contributed by atoms with van der Waals surface area (Å²) < 4.78 is 0. The van der Waals surface area contributed by atoms with E-state index >= 15 is 0 Å². The SMILES string of the molecule is Cc1cc2c(cc1C=C(C#N)C#N)[C@H](C)CC(C)(C)N2C(C)C. The maximum absolute atomic E-state index is 9.00. The Balaban J connectivity index is 2.65. The summed E-state index contributed by atoms with van der Waals surface area (Å²) in [6.07, 6.45) is 2.79. The molecular formula is C20H25N3. The predicted molar refractivity (Wildman–Crippen MR) is 95.1 cm³/mol. The number of aryl methyl sites for hydroxylation is 1. The molecule has 0 bridgehead atoms. The molecule has 1 atom stereocenters. The van der Waals surface area contributed by atoms with Gasteiger partial charge in [-0.15, -0.1) is 0 Å². The van der Waals surface area contributed by atoms with Crippen LogP contribution < -0.4 is 4.90 Å². The van der Waals surface area contributed by atoms with Crippen molar-refractivity contribution in [2.24, 2.45) is 0 Å². The molecule has 120 valence electrons. The minimum atomic E-state index is 0.120. The van der Waals surface area contributed by atoms with E-state index in [4.69, 9.17) is 10.5 Å². The summed E-state index contributed by atoms with van der Waals surface area (Å²) in [6.45, 7) is 13.4. The van der Waals surface area contributed by atoms with E-state index < -0.39 is 0 Å². The highest BCUT2D eigenvalue weighted by Crippen LogP contribution is 2.45. The van der Waals surface area contributed by atoms with Gasteiger partial charge in [0.15, 0.2) is 0 Å². The first-order valence-electron chi connectivity index (χ1n) is 8.17. The molecule has 3 heteroatoms. The summed E-state index contributed by atoms with van der Waals surface area (Å²) in [5, 5.41) is 18.0. The maximum Gasteiger partial charge on any atom is 0.130 e. The van der Waals surface area contributed by atoms with Crippen LogP contribution in [0.25, 0.3) is 6.08 Å². The van der Waals surface area contributed by atoms with Gasteiger partial charge >= 0.3 is 0 Å². The van der Waals surface area contributed by atoms with Crippen LogP contribution >= 0.6 is 0 Å². The van der Waals surface area contributed by atoms with Gasteiger partial charge in [-0.2, -0.15) is 10.5 Å². The highest BCUT2D eigenvalue weighted by molar-refractivity contribution is 5.71. The number of fused-ring (bicyclic) bond motifs is 1. The zero-order valence-corrected chi connectivity index (χ0v) is 14.9. The number of hydrogen-bond acceptors (Lipinski definition) is 3. The fourth-order valence-corrected chi connectivity index (χ4v) is 3.99. The minimum absolute atomic E-state index is 0.120. The molecule has 23 heavy (non-hydrogen) atoms. The number of allylic oxidation sites excluding steroid dienone is 1. The van der Waals surface area contributed by atoms with Crippen molar-refractivity contribution in [1.82, 2.24) is 0 Å². The van der Waals surface area contributed by atoms with Crippen molar-refractivity contribution in [3.63, 3.8) is 0 Å². The molecule has 0 saturated heterocycles. The molecule has 0 amide bonds. The predicted octanol–water partition coefficient (Wildman–Crippen LogP) is 4.93. The van der Waals surface area contributed by atoms with Gasteiger partial charge in [-0.1, -0.05) is 6.92 Å². The van der Waals surface area contributed by atoms with Gasteiger partial charge in [0.2, 0.25) is 0 Å². The minimum Gasteiger partial charge on any atom is -0.364 e. The van der Waals surface area contributed by atoms with Gasteiger partial charge in [0.1, 0.15) is 17.7 Å². The van der Waals surface area contributed by atoms with Crippen molar-refractivity contribution in [1.29, 1.82) is 10.5 Å². The number of benzene rings is 1. The second-order valence-electron chi connectivity index (χ2n) is 7.43. The topological polar surface area (TPSA) is 50.8 Å². The van der Waals surface area contributed by atoms with Gasteiger partial charge in [0.25, 0.3) is 0 Å². The van der Waals surface area contributed by atoms with Crippen molar-refractivity contribution in [3.8, 4) is 12.1 Å². The summed E-state index contributed by atoms with van der Waals surface area (Å²) in [5.41, 5.74) is 4.94. The Kier molecular flexibility index (Phi) is 4.53. The maximum atomic E-state index is 9.00. The van der Waals surface area contributed by atoms with Gasteiger partial charge in [-0.05, 0) is 81.9 Å². The van der Waals surface area contributed by atoms with E-state index in [1.165, 1.54) is 11.3 Å². The van der Waals surface area contributed by atoms with Crippen LogP contribution in [0.3, 0.4) is 0 Å². The highest BCUT2D eigenvalue weighted by atomic mass is 15.2. The molecule has 1 aromatic rings. The smallest absolute Gasteiger partial charge is 0.130 e. The van der Waals surface area contributed by atoms with Gasteiger partial charge < -0.3 is 4.90 Å². The van der Waals surface area contributed by atoms with Crippen LogP contribution in [0, 0.1) is 29.6 Å². The van der Waals surface area contributed by atoms with E-state index in [1.807, 2.05) is 19.1 Å². The molecule has 1 aliphatic heterocycles. The normalized spacial score (nSPS) is 18.8. The number of hydrogen-bond donors (Lipinski definition) is 0. The summed E-state index contributed by atoms with van der Waals surface area (Å²) in [5.74, 6) is 0.454. The first-order valence-corrected chi connectivity index (χ1v) is 8.17. The lowest BCUT2D eigenvalue weighted by molar-refractivity contribution is 0.356. The number of rotatable bonds is 2. The van der Waals surface area contributed by atoms with Crippen molar-refractivity contribution < 1.29 is 0 Å². The Morgan fingerprint density at radius 2 is 1.91 bits per heavy atom. The molecule has 0 unspecified atom stereocenters. The van der Waals surface area contributed by atoms with Crippen LogP contribution in [0.1, 0.15) is 63.6 Å². The van der Waals surface area contributed by atoms with Crippen LogP contribution in [-0.2, 0) is 0 Å². The van der Waals surface area contributed by atoms with Crippen LogP contribution in [0.4, 0.5) is 5.69 Å². The Labute approximate surface area is 139 Å². The van der Waals surface area contributed by atoms with E-state index in [2.05, 4.69) is 51.7 Å². The van der Waals surface area contributed by atoms with Crippen molar-refractivity contribution >= 4 is 11.8 Å². The molecular weight excluding hydrogens is 282 g/mol. The molecule has 0 N–H and O–H groups in total. The second kappa shape index (κ2) is 6.09. The standard InChI is InChI=1S/C20H25N3/c1-13(2)23-19-7-14(3)17(8-16(11-21)12-22)9-18(19)15(4)10-20(23,5)6/h7-9,13,15H,10H2,1-6H3/t15-/m1/s1. The van der Waals surface area contributed by atoms with Gasteiger partial charge in [-0.3, -0.25) is 0 Å². The van der Waals surface area contributed by atoms with Crippen molar-refractivity contribution in [2.75, 3.05) is 4.90 Å². The average molecular weight is 307 g/mol. The van der Waals surface area contributed by atoms with Crippen LogP contribution in [0.2, 0.25) is 0 Å². The summed E-state index contributed by atoms with van der Waals surface area (Å²) in [7, 11) is 0. The van der Waals surface area contributed by atoms with E-state index in [0.29, 0.717) is 12.0 Å². The third-order valence-electron chi connectivity index (χ3n) is 4.72. The Bertz CT molecular complexity index is 710. The lowest BCUT2D eigenvalue weighted by Crippen LogP contribution is -2.51. The molecule has 1 heterocycles. The number of nitriles is 2. The van der Waals surface area contributed by atoms with Gasteiger partial charge in [-0.25, -0.2) is 0 Å². The molecule has 0 aliphatic carbocycles.